The Labute approximate surface area is 177 Å². The average molecular weight is 404 g/mol. The molecule has 0 saturated carbocycles. The van der Waals surface area contributed by atoms with Crippen LogP contribution >= 0.6 is 0 Å². The lowest BCUT2D eigenvalue weighted by atomic mass is 10.1. The summed E-state index contributed by atoms with van der Waals surface area (Å²) in [6.45, 7) is 0. The van der Waals surface area contributed by atoms with Crippen LogP contribution in [0.25, 0.3) is 45.6 Å². The summed E-state index contributed by atoms with van der Waals surface area (Å²) in [6, 6.07) is 24.2. The summed E-state index contributed by atoms with van der Waals surface area (Å²) < 4.78 is 0. The van der Waals surface area contributed by atoms with E-state index in [1.807, 2.05) is 72.8 Å². The van der Waals surface area contributed by atoms with Gasteiger partial charge in [0.15, 0.2) is 0 Å². The van der Waals surface area contributed by atoms with E-state index < -0.39 is 5.69 Å². The Bertz CT molecular complexity index is 1300. The van der Waals surface area contributed by atoms with Crippen molar-refractivity contribution in [1.29, 1.82) is 0 Å². The highest BCUT2D eigenvalue weighted by atomic mass is 16.1. The molecular weight excluding hydrogens is 388 g/mol. The maximum atomic E-state index is 12.3. The van der Waals surface area contributed by atoms with Crippen LogP contribution in [0.2, 0.25) is 0 Å². The summed E-state index contributed by atoms with van der Waals surface area (Å²) in [5, 5.41) is 0. The van der Waals surface area contributed by atoms with E-state index in [2.05, 4.69) is 29.9 Å². The van der Waals surface area contributed by atoms with Crippen molar-refractivity contribution < 1.29 is 0 Å². The normalized spacial score (nSPS) is 10.7. The number of hydrogen-bond acceptors (Lipinski definition) is 6. The van der Waals surface area contributed by atoms with Gasteiger partial charge >= 0.3 is 5.69 Å². The molecule has 31 heavy (non-hydrogen) atoms. The predicted molar refractivity (Wildman–Crippen MR) is 118 cm³/mol. The molecule has 0 spiro atoms. The van der Waals surface area contributed by atoms with Crippen LogP contribution in [0, 0.1) is 0 Å². The smallest absolute Gasteiger partial charge is 0.304 e. The van der Waals surface area contributed by atoms with Crippen molar-refractivity contribution in [3.05, 3.63) is 102 Å². The van der Waals surface area contributed by atoms with E-state index in [1.54, 1.807) is 18.5 Å². The minimum absolute atomic E-state index is 0.460. The van der Waals surface area contributed by atoms with Crippen molar-refractivity contribution >= 4 is 0 Å². The standard InChI is InChI=1S/C24H16N6O/c31-24-29-22(20-11-5-9-18(27-20)16-7-1-3-13-25-16)15-23(30-24)21-12-6-10-19(28-21)17-8-2-4-14-26-17/h1-15H,(H,29,30,31). The van der Waals surface area contributed by atoms with E-state index in [-0.39, 0.29) is 0 Å². The zero-order chi connectivity index (χ0) is 21.0. The molecule has 1 N–H and O–H groups in total. The quantitative estimate of drug-likeness (QED) is 0.486. The molecule has 5 heterocycles. The maximum absolute atomic E-state index is 12.3. The number of aromatic nitrogens is 6. The molecule has 0 atom stereocenters. The van der Waals surface area contributed by atoms with Gasteiger partial charge in [0.2, 0.25) is 0 Å². The van der Waals surface area contributed by atoms with Gasteiger partial charge in [-0.3, -0.25) is 9.97 Å². The Morgan fingerprint density at radius 1 is 0.516 bits per heavy atom. The van der Waals surface area contributed by atoms with Gasteiger partial charge in [0.05, 0.1) is 45.6 Å². The number of aromatic amines is 1. The molecular formula is C24H16N6O. The molecule has 7 heteroatoms. The van der Waals surface area contributed by atoms with Crippen LogP contribution < -0.4 is 5.69 Å². The highest BCUT2D eigenvalue weighted by molar-refractivity contribution is 5.67. The first-order valence-corrected chi connectivity index (χ1v) is 9.65. The first kappa shape index (κ1) is 18.5. The van der Waals surface area contributed by atoms with Gasteiger partial charge in [0.25, 0.3) is 0 Å². The molecule has 5 aromatic rings. The van der Waals surface area contributed by atoms with Crippen molar-refractivity contribution in [2.75, 3.05) is 0 Å². The molecule has 0 saturated heterocycles. The first-order chi connectivity index (χ1) is 15.3. The summed E-state index contributed by atoms with van der Waals surface area (Å²) in [7, 11) is 0. The summed E-state index contributed by atoms with van der Waals surface area (Å²) in [4.78, 5) is 37.2. The van der Waals surface area contributed by atoms with Crippen LogP contribution in [0.4, 0.5) is 0 Å². The van der Waals surface area contributed by atoms with Crippen molar-refractivity contribution in [3.63, 3.8) is 0 Å². The van der Waals surface area contributed by atoms with Crippen LogP contribution in [0.15, 0.2) is 96.1 Å². The lowest BCUT2D eigenvalue weighted by molar-refractivity contribution is 1.07. The van der Waals surface area contributed by atoms with E-state index in [0.29, 0.717) is 34.2 Å². The van der Waals surface area contributed by atoms with E-state index >= 15 is 0 Å². The van der Waals surface area contributed by atoms with Crippen molar-refractivity contribution in [2.45, 2.75) is 0 Å². The highest BCUT2D eigenvalue weighted by Crippen LogP contribution is 2.23. The minimum Gasteiger partial charge on any atom is -0.304 e. The SMILES string of the molecule is O=c1nc(-c2cccc(-c3ccccn3)n2)cc(-c2cccc(-c3ccccn3)n2)[nH]1. The van der Waals surface area contributed by atoms with Crippen molar-refractivity contribution in [1.82, 2.24) is 29.9 Å². The third-order valence-corrected chi connectivity index (χ3v) is 4.64. The Kier molecular flexibility index (Phi) is 4.82. The van der Waals surface area contributed by atoms with Gasteiger partial charge < -0.3 is 4.98 Å². The topological polar surface area (TPSA) is 97.3 Å². The summed E-state index contributed by atoms with van der Waals surface area (Å²) in [5.41, 5.74) is 4.66. The minimum atomic E-state index is -0.470. The summed E-state index contributed by atoms with van der Waals surface area (Å²) in [5.74, 6) is 0. The monoisotopic (exact) mass is 404 g/mol. The van der Waals surface area contributed by atoms with Gasteiger partial charge in [-0.1, -0.05) is 24.3 Å². The van der Waals surface area contributed by atoms with E-state index in [9.17, 15) is 4.79 Å². The molecule has 0 radical (unpaired) electrons. The van der Waals surface area contributed by atoms with Crippen LogP contribution in [-0.2, 0) is 0 Å². The molecule has 0 aliphatic rings. The number of rotatable bonds is 4. The number of nitrogens with zero attached hydrogens (tertiary/aromatic N) is 5. The van der Waals surface area contributed by atoms with E-state index in [4.69, 9.17) is 0 Å². The summed E-state index contributed by atoms with van der Waals surface area (Å²) >= 11 is 0. The molecule has 5 rings (SSSR count). The second-order valence-corrected chi connectivity index (χ2v) is 6.73. The number of hydrogen-bond donors (Lipinski definition) is 1. The molecule has 0 aliphatic heterocycles. The van der Waals surface area contributed by atoms with Gasteiger partial charge in [0.1, 0.15) is 0 Å². The second kappa shape index (κ2) is 8.08. The van der Waals surface area contributed by atoms with Crippen molar-refractivity contribution in [3.8, 4) is 45.6 Å². The van der Waals surface area contributed by atoms with Gasteiger partial charge in [-0.15, -0.1) is 0 Å². The van der Waals surface area contributed by atoms with Gasteiger partial charge in [-0.2, -0.15) is 4.98 Å². The van der Waals surface area contributed by atoms with Crippen molar-refractivity contribution in [2.24, 2.45) is 0 Å². The predicted octanol–water partition coefficient (Wildman–Crippen LogP) is 4.02. The zero-order valence-electron chi connectivity index (χ0n) is 16.3. The molecule has 0 fully saturated rings. The molecule has 0 unspecified atom stereocenters. The fraction of sp³-hybridized carbons (Fsp3) is 0. The average Bonchev–Trinajstić information content (AvgIpc) is 2.85. The zero-order valence-corrected chi connectivity index (χ0v) is 16.3. The molecule has 148 valence electrons. The molecule has 0 aliphatic carbocycles. The third kappa shape index (κ3) is 3.97. The summed E-state index contributed by atoms with van der Waals surface area (Å²) in [6.07, 6.45) is 3.43. The van der Waals surface area contributed by atoms with E-state index in [0.717, 1.165) is 11.4 Å². The Morgan fingerprint density at radius 2 is 1.03 bits per heavy atom. The van der Waals surface area contributed by atoms with Crippen LogP contribution in [0.3, 0.4) is 0 Å². The fourth-order valence-electron chi connectivity index (χ4n) is 3.20. The number of H-pyrrole nitrogens is 1. The number of nitrogens with one attached hydrogen (secondary N) is 1. The maximum Gasteiger partial charge on any atom is 0.346 e. The third-order valence-electron chi connectivity index (χ3n) is 4.64. The Hall–Kier alpha value is -4.52. The largest absolute Gasteiger partial charge is 0.346 e. The molecule has 0 bridgehead atoms. The lowest BCUT2D eigenvalue weighted by Gasteiger charge is -2.07. The van der Waals surface area contributed by atoms with Gasteiger partial charge in [-0.05, 0) is 54.6 Å². The second-order valence-electron chi connectivity index (χ2n) is 6.73. The molecule has 5 aromatic heterocycles. The number of pyridine rings is 4. The Balaban J connectivity index is 1.56. The van der Waals surface area contributed by atoms with Crippen LogP contribution in [-0.4, -0.2) is 29.9 Å². The Morgan fingerprint density at radius 3 is 1.61 bits per heavy atom. The van der Waals surface area contributed by atoms with Crippen LogP contribution in [0.1, 0.15) is 0 Å². The molecule has 0 amide bonds. The van der Waals surface area contributed by atoms with Gasteiger partial charge in [-0.25, -0.2) is 14.8 Å². The van der Waals surface area contributed by atoms with Gasteiger partial charge in [0, 0.05) is 12.4 Å². The fourth-order valence-corrected chi connectivity index (χ4v) is 3.20. The molecule has 0 aromatic carbocycles. The highest BCUT2D eigenvalue weighted by Gasteiger charge is 2.11. The van der Waals surface area contributed by atoms with E-state index in [1.165, 1.54) is 0 Å². The van der Waals surface area contributed by atoms with Crippen LogP contribution in [0.5, 0.6) is 0 Å². The first-order valence-electron chi connectivity index (χ1n) is 9.65. The molecule has 7 nitrogen and oxygen atoms in total. The lowest BCUT2D eigenvalue weighted by Crippen LogP contribution is -2.12.